The standard InChI is InChI=1S/C9H20O3/c1-11-8-6-4-2-3-5-7-9-12-10/h10H,2-9H2,1H3. The van der Waals surface area contributed by atoms with E-state index in [1.54, 1.807) is 7.11 Å². The summed E-state index contributed by atoms with van der Waals surface area (Å²) in [6.07, 6.45) is 7.00. The predicted molar refractivity (Wildman–Crippen MR) is 48.2 cm³/mol. The average Bonchev–Trinajstić information content (AvgIpc) is 2.10. The molecule has 0 unspecified atom stereocenters. The van der Waals surface area contributed by atoms with E-state index >= 15 is 0 Å². The fourth-order valence-corrected chi connectivity index (χ4v) is 1.12. The zero-order valence-corrected chi connectivity index (χ0v) is 7.92. The summed E-state index contributed by atoms with van der Waals surface area (Å²) in [7, 11) is 1.73. The highest BCUT2D eigenvalue weighted by atomic mass is 17.1. The molecule has 0 rings (SSSR count). The lowest BCUT2D eigenvalue weighted by atomic mass is 10.1. The first kappa shape index (κ1) is 11.9. The molecule has 0 aromatic heterocycles. The monoisotopic (exact) mass is 176 g/mol. The minimum atomic E-state index is 0.470. The van der Waals surface area contributed by atoms with Gasteiger partial charge in [0, 0.05) is 13.7 Å². The van der Waals surface area contributed by atoms with E-state index in [2.05, 4.69) is 4.89 Å². The Kier molecular flexibility index (Phi) is 10.8. The molecule has 0 aromatic carbocycles. The molecule has 0 bridgehead atoms. The van der Waals surface area contributed by atoms with Gasteiger partial charge in [0.2, 0.25) is 0 Å². The molecule has 0 aliphatic carbocycles. The molecule has 0 heterocycles. The Hall–Kier alpha value is -0.120. The Balaban J connectivity index is 2.73. The van der Waals surface area contributed by atoms with Crippen molar-refractivity contribution in [2.75, 3.05) is 20.3 Å². The van der Waals surface area contributed by atoms with E-state index in [0.717, 1.165) is 25.9 Å². The molecule has 1 N–H and O–H groups in total. The second-order valence-electron chi connectivity index (χ2n) is 2.95. The fraction of sp³-hybridized carbons (Fsp3) is 1.00. The summed E-state index contributed by atoms with van der Waals surface area (Å²) >= 11 is 0. The molecule has 0 saturated carbocycles. The number of hydrogen-bond acceptors (Lipinski definition) is 3. The van der Waals surface area contributed by atoms with Crippen molar-refractivity contribution in [3.05, 3.63) is 0 Å². The quantitative estimate of drug-likeness (QED) is 0.333. The molecule has 12 heavy (non-hydrogen) atoms. The number of rotatable bonds is 9. The van der Waals surface area contributed by atoms with Crippen LogP contribution in [0.5, 0.6) is 0 Å². The van der Waals surface area contributed by atoms with Gasteiger partial charge in [-0.15, -0.1) is 0 Å². The van der Waals surface area contributed by atoms with Gasteiger partial charge in [-0.05, 0) is 12.8 Å². The molecule has 0 amide bonds. The summed E-state index contributed by atoms with van der Waals surface area (Å²) < 4.78 is 4.93. The minimum Gasteiger partial charge on any atom is -0.385 e. The first-order valence-electron chi connectivity index (χ1n) is 4.67. The van der Waals surface area contributed by atoms with Crippen LogP contribution in [0.15, 0.2) is 0 Å². The van der Waals surface area contributed by atoms with Crippen LogP contribution in [0.3, 0.4) is 0 Å². The van der Waals surface area contributed by atoms with Crippen LogP contribution in [0.1, 0.15) is 38.5 Å². The van der Waals surface area contributed by atoms with Gasteiger partial charge < -0.3 is 4.74 Å². The molecule has 0 aliphatic heterocycles. The Morgan fingerprint density at radius 1 is 0.833 bits per heavy atom. The largest absolute Gasteiger partial charge is 0.385 e. The molecule has 3 heteroatoms. The summed E-state index contributed by atoms with van der Waals surface area (Å²) in [5, 5.41) is 8.02. The predicted octanol–water partition coefficient (Wildman–Crippen LogP) is 2.46. The van der Waals surface area contributed by atoms with Crippen molar-refractivity contribution < 1.29 is 14.9 Å². The van der Waals surface area contributed by atoms with Gasteiger partial charge in [-0.1, -0.05) is 25.7 Å². The van der Waals surface area contributed by atoms with Gasteiger partial charge in [0.05, 0.1) is 6.61 Å². The van der Waals surface area contributed by atoms with E-state index in [0.29, 0.717) is 6.61 Å². The smallest absolute Gasteiger partial charge is 0.0819 e. The number of methoxy groups -OCH3 is 1. The summed E-state index contributed by atoms with van der Waals surface area (Å²) in [6.45, 7) is 1.35. The number of unbranched alkanes of at least 4 members (excludes halogenated alkanes) is 5. The van der Waals surface area contributed by atoms with Gasteiger partial charge in [-0.3, -0.25) is 5.26 Å². The van der Waals surface area contributed by atoms with E-state index in [1.807, 2.05) is 0 Å². The lowest BCUT2D eigenvalue weighted by molar-refractivity contribution is -0.242. The molecule has 0 radical (unpaired) electrons. The molecular weight excluding hydrogens is 156 g/mol. The van der Waals surface area contributed by atoms with E-state index in [9.17, 15) is 0 Å². The van der Waals surface area contributed by atoms with Gasteiger partial charge in [0.1, 0.15) is 0 Å². The fourth-order valence-electron chi connectivity index (χ4n) is 1.12. The van der Waals surface area contributed by atoms with Gasteiger partial charge in [-0.25, -0.2) is 4.89 Å². The summed E-state index contributed by atoms with van der Waals surface area (Å²) in [5.74, 6) is 0. The van der Waals surface area contributed by atoms with Gasteiger partial charge in [0.25, 0.3) is 0 Å². The number of ether oxygens (including phenoxy) is 1. The highest BCUT2D eigenvalue weighted by Crippen LogP contribution is 2.05. The number of hydrogen-bond donors (Lipinski definition) is 1. The molecule has 0 atom stereocenters. The molecule has 74 valence electrons. The second kappa shape index (κ2) is 10.9. The van der Waals surface area contributed by atoms with E-state index in [-0.39, 0.29) is 0 Å². The third-order valence-electron chi connectivity index (χ3n) is 1.83. The van der Waals surface area contributed by atoms with Crippen LogP contribution >= 0.6 is 0 Å². The highest BCUT2D eigenvalue weighted by molar-refractivity contribution is 4.44. The molecule has 0 saturated heterocycles. The summed E-state index contributed by atoms with van der Waals surface area (Å²) in [5.41, 5.74) is 0. The van der Waals surface area contributed by atoms with Crippen molar-refractivity contribution in [3.8, 4) is 0 Å². The van der Waals surface area contributed by atoms with Crippen molar-refractivity contribution in [3.63, 3.8) is 0 Å². The molecule has 0 spiro atoms. The Bertz CT molecular complexity index is 66.2. The maximum absolute atomic E-state index is 8.02. The maximum Gasteiger partial charge on any atom is 0.0819 e. The molecular formula is C9H20O3. The van der Waals surface area contributed by atoms with Crippen LogP contribution < -0.4 is 0 Å². The van der Waals surface area contributed by atoms with Crippen LogP contribution in [0.4, 0.5) is 0 Å². The van der Waals surface area contributed by atoms with Crippen molar-refractivity contribution >= 4 is 0 Å². The van der Waals surface area contributed by atoms with Gasteiger partial charge >= 0.3 is 0 Å². The van der Waals surface area contributed by atoms with Gasteiger partial charge in [0.15, 0.2) is 0 Å². The van der Waals surface area contributed by atoms with Gasteiger partial charge in [-0.2, -0.15) is 0 Å². The van der Waals surface area contributed by atoms with Crippen LogP contribution in [-0.2, 0) is 9.62 Å². The van der Waals surface area contributed by atoms with Crippen molar-refractivity contribution in [2.24, 2.45) is 0 Å². The Morgan fingerprint density at radius 2 is 1.33 bits per heavy atom. The molecule has 0 aromatic rings. The minimum absolute atomic E-state index is 0.470. The van der Waals surface area contributed by atoms with E-state index in [4.69, 9.17) is 9.99 Å². The van der Waals surface area contributed by atoms with E-state index < -0.39 is 0 Å². The van der Waals surface area contributed by atoms with Crippen LogP contribution in [-0.4, -0.2) is 25.6 Å². The molecule has 0 fully saturated rings. The van der Waals surface area contributed by atoms with Crippen molar-refractivity contribution in [2.45, 2.75) is 38.5 Å². The van der Waals surface area contributed by atoms with Crippen LogP contribution in [0.25, 0.3) is 0 Å². The summed E-state index contributed by atoms with van der Waals surface area (Å²) in [6, 6.07) is 0. The summed E-state index contributed by atoms with van der Waals surface area (Å²) in [4.78, 5) is 3.97. The van der Waals surface area contributed by atoms with Crippen LogP contribution in [0.2, 0.25) is 0 Å². The average molecular weight is 176 g/mol. The van der Waals surface area contributed by atoms with Crippen molar-refractivity contribution in [1.82, 2.24) is 0 Å². The van der Waals surface area contributed by atoms with Crippen molar-refractivity contribution in [1.29, 1.82) is 0 Å². The second-order valence-corrected chi connectivity index (χ2v) is 2.95. The molecule has 0 aliphatic rings. The Labute approximate surface area is 74.6 Å². The zero-order chi connectivity index (χ0) is 9.07. The lowest BCUT2D eigenvalue weighted by Gasteiger charge is -2.00. The molecule has 3 nitrogen and oxygen atoms in total. The first-order chi connectivity index (χ1) is 5.91. The van der Waals surface area contributed by atoms with Crippen LogP contribution in [0, 0.1) is 0 Å². The SMILES string of the molecule is COCCCCCCCCOO. The first-order valence-corrected chi connectivity index (χ1v) is 4.67. The third-order valence-corrected chi connectivity index (χ3v) is 1.83. The normalized spacial score (nSPS) is 10.5. The third kappa shape index (κ3) is 9.88. The topological polar surface area (TPSA) is 38.7 Å². The zero-order valence-electron chi connectivity index (χ0n) is 7.92. The lowest BCUT2D eigenvalue weighted by Crippen LogP contribution is -1.90. The van der Waals surface area contributed by atoms with E-state index in [1.165, 1.54) is 19.3 Å². The highest BCUT2D eigenvalue weighted by Gasteiger charge is 1.90. The maximum atomic E-state index is 8.02. The Morgan fingerprint density at radius 3 is 1.83 bits per heavy atom.